The number of hydrogen-bond acceptors (Lipinski definition) is 7. The number of hydrogen-bond donors (Lipinski definition) is 2. The minimum absolute atomic E-state index is 0.0212. The number of aromatic nitrogens is 3. The summed E-state index contributed by atoms with van der Waals surface area (Å²) in [6.07, 6.45) is 3.50. The Labute approximate surface area is 125 Å². The van der Waals surface area contributed by atoms with Crippen LogP contribution in [0, 0.1) is 0 Å². The van der Waals surface area contributed by atoms with Gasteiger partial charge in [0.1, 0.15) is 0 Å². The molecule has 1 aromatic heterocycles. The third-order valence-electron chi connectivity index (χ3n) is 3.36. The molecule has 0 spiro atoms. The van der Waals surface area contributed by atoms with Gasteiger partial charge in [-0.25, -0.2) is 0 Å². The zero-order chi connectivity index (χ0) is 15.2. The third kappa shape index (κ3) is 4.42. The maximum Gasteiger partial charge on any atom is 0.323 e. The summed E-state index contributed by atoms with van der Waals surface area (Å²) in [5.74, 6) is 1.06. The van der Waals surface area contributed by atoms with Gasteiger partial charge in [-0.15, -0.1) is 0 Å². The molecule has 2 unspecified atom stereocenters. The maximum atomic E-state index is 5.59. The number of nitrogens with zero attached hydrogens (tertiary/aromatic N) is 3. The second-order valence-corrected chi connectivity index (χ2v) is 5.42. The van der Waals surface area contributed by atoms with Gasteiger partial charge in [-0.3, -0.25) is 0 Å². The van der Waals surface area contributed by atoms with Crippen LogP contribution in [0.3, 0.4) is 0 Å². The summed E-state index contributed by atoms with van der Waals surface area (Å²) in [4.78, 5) is 13.0. The lowest BCUT2D eigenvalue weighted by molar-refractivity contribution is 0.101. The molecule has 0 amide bonds. The molecule has 7 nitrogen and oxygen atoms in total. The fourth-order valence-corrected chi connectivity index (χ4v) is 2.46. The first kappa shape index (κ1) is 15.8. The molecular formula is C14H25N5O2. The minimum Gasteiger partial charge on any atom is -0.461 e. The van der Waals surface area contributed by atoms with Crippen molar-refractivity contribution in [3.05, 3.63) is 0 Å². The van der Waals surface area contributed by atoms with Crippen molar-refractivity contribution < 1.29 is 9.47 Å². The van der Waals surface area contributed by atoms with Gasteiger partial charge in [-0.05, 0) is 40.0 Å². The Kier molecular flexibility index (Phi) is 5.55. The highest BCUT2D eigenvalue weighted by Crippen LogP contribution is 2.24. The van der Waals surface area contributed by atoms with Crippen LogP contribution in [0.25, 0.3) is 0 Å². The van der Waals surface area contributed by atoms with Crippen LogP contribution in [0.1, 0.15) is 40.0 Å². The minimum atomic E-state index is 0.0212. The van der Waals surface area contributed by atoms with Crippen molar-refractivity contribution in [2.75, 3.05) is 24.3 Å². The van der Waals surface area contributed by atoms with E-state index in [1.54, 1.807) is 7.11 Å². The smallest absolute Gasteiger partial charge is 0.323 e. The fourth-order valence-electron chi connectivity index (χ4n) is 2.46. The predicted molar refractivity (Wildman–Crippen MR) is 81.8 cm³/mol. The molecule has 1 saturated carbocycles. The third-order valence-corrected chi connectivity index (χ3v) is 3.36. The highest BCUT2D eigenvalue weighted by molar-refractivity contribution is 5.37. The number of methoxy groups -OCH3 is 1. The van der Waals surface area contributed by atoms with Gasteiger partial charge >= 0.3 is 6.01 Å². The number of anilines is 2. The number of nitrogens with one attached hydrogen (secondary N) is 2. The average Bonchev–Trinajstić information content (AvgIpc) is 2.85. The van der Waals surface area contributed by atoms with E-state index in [1.165, 1.54) is 0 Å². The van der Waals surface area contributed by atoms with Crippen molar-refractivity contribution in [2.45, 2.75) is 58.3 Å². The molecule has 2 atom stereocenters. The van der Waals surface area contributed by atoms with Crippen LogP contribution in [0.4, 0.5) is 11.9 Å². The number of rotatable bonds is 7. The maximum absolute atomic E-state index is 5.59. The topological polar surface area (TPSA) is 81.2 Å². The molecule has 0 aromatic carbocycles. The SMILES string of the molecule is CCNc1nc(NC2CCCC2OC)nc(OC(C)C)n1. The van der Waals surface area contributed by atoms with E-state index in [0.29, 0.717) is 17.9 Å². The largest absolute Gasteiger partial charge is 0.461 e. The van der Waals surface area contributed by atoms with E-state index in [1.807, 2.05) is 20.8 Å². The summed E-state index contributed by atoms with van der Waals surface area (Å²) >= 11 is 0. The van der Waals surface area contributed by atoms with Crippen LogP contribution in [-0.4, -0.2) is 46.9 Å². The first-order valence-electron chi connectivity index (χ1n) is 7.58. The molecule has 1 aromatic rings. The molecule has 118 valence electrons. The van der Waals surface area contributed by atoms with Gasteiger partial charge in [0, 0.05) is 13.7 Å². The molecule has 0 saturated heterocycles. The van der Waals surface area contributed by atoms with Gasteiger partial charge in [0.15, 0.2) is 0 Å². The lowest BCUT2D eigenvalue weighted by Gasteiger charge is -2.20. The Morgan fingerprint density at radius 1 is 1.19 bits per heavy atom. The first-order valence-corrected chi connectivity index (χ1v) is 7.58. The lowest BCUT2D eigenvalue weighted by Crippen LogP contribution is -2.30. The highest BCUT2D eigenvalue weighted by atomic mass is 16.5. The second kappa shape index (κ2) is 7.40. The van der Waals surface area contributed by atoms with Gasteiger partial charge in [0.05, 0.1) is 18.2 Å². The Bertz CT molecular complexity index is 455. The van der Waals surface area contributed by atoms with E-state index in [9.17, 15) is 0 Å². The Morgan fingerprint density at radius 3 is 2.62 bits per heavy atom. The second-order valence-electron chi connectivity index (χ2n) is 5.42. The van der Waals surface area contributed by atoms with E-state index >= 15 is 0 Å². The zero-order valence-electron chi connectivity index (χ0n) is 13.2. The van der Waals surface area contributed by atoms with Gasteiger partial charge in [0.25, 0.3) is 0 Å². The normalized spacial score (nSPS) is 21.6. The zero-order valence-corrected chi connectivity index (χ0v) is 13.2. The summed E-state index contributed by atoms with van der Waals surface area (Å²) < 4.78 is 11.1. The molecule has 7 heteroatoms. The quantitative estimate of drug-likeness (QED) is 0.797. The molecule has 0 aliphatic heterocycles. The Morgan fingerprint density at radius 2 is 1.95 bits per heavy atom. The van der Waals surface area contributed by atoms with Crippen LogP contribution in [0.5, 0.6) is 6.01 Å². The van der Waals surface area contributed by atoms with E-state index in [0.717, 1.165) is 25.8 Å². The van der Waals surface area contributed by atoms with Crippen LogP contribution in [-0.2, 0) is 4.74 Å². The van der Waals surface area contributed by atoms with Gasteiger partial charge in [0.2, 0.25) is 11.9 Å². The van der Waals surface area contributed by atoms with E-state index in [4.69, 9.17) is 9.47 Å². The Hall–Kier alpha value is -1.63. The molecule has 0 bridgehead atoms. The molecular weight excluding hydrogens is 270 g/mol. The van der Waals surface area contributed by atoms with Crippen LogP contribution in [0.15, 0.2) is 0 Å². The fraction of sp³-hybridized carbons (Fsp3) is 0.786. The molecule has 1 heterocycles. The van der Waals surface area contributed by atoms with Crippen molar-refractivity contribution in [2.24, 2.45) is 0 Å². The molecule has 1 aliphatic carbocycles. The van der Waals surface area contributed by atoms with E-state index in [2.05, 4.69) is 25.6 Å². The van der Waals surface area contributed by atoms with Gasteiger partial charge < -0.3 is 20.1 Å². The lowest BCUT2D eigenvalue weighted by atomic mass is 10.2. The van der Waals surface area contributed by atoms with Crippen molar-refractivity contribution in [1.82, 2.24) is 15.0 Å². The molecule has 1 aliphatic rings. The van der Waals surface area contributed by atoms with Crippen molar-refractivity contribution >= 4 is 11.9 Å². The van der Waals surface area contributed by atoms with Crippen LogP contribution >= 0.6 is 0 Å². The summed E-state index contributed by atoms with van der Waals surface area (Å²) in [6.45, 7) is 6.63. The summed E-state index contributed by atoms with van der Waals surface area (Å²) in [6, 6.07) is 0.573. The predicted octanol–water partition coefficient (Wildman–Crippen LogP) is 2.07. The summed E-state index contributed by atoms with van der Waals surface area (Å²) in [7, 11) is 1.75. The molecule has 2 rings (SSSR count). The van der Waals surface area contributed by atoms with Gasteiger partial charge in [-0.1, -0.05) is 0 Å². The monoisotopic (exact) mass is 295 g/mol. The molecule has 0 radical (unpaired) electrons. The van der Waals surface area contributed by atoms with Gasteiger partial charge in [-0.2, -0.15) is 15.0 Å². The first-order chi connectivity index (χ1) is 10.1. The summed E-state index contributed by atoms with van der Waals surface area (Å²) in [5, 5.41) is 6.45. The van der Waals surface area contributed by atoms with E-state index < -0.39 is 0 Å². The molecule has 1 fully saturated rings. The average molecular weight is 295 g/mol. The molecule has 2 N–H and O–H groups in total. The molecule has 21 heavy (non-hydrogen) atoms. The summed E-state index contributed by atoms with van der Waals surface area (Å²) in [5.41, 5.74) is 0. The van der Waals surface area contributed by atoms with Crippen molar-refractivity contribution in [3.63, 3.8) is 0 Å². The van der Waals surface area contributed by atoms with E-state index in [-0.39, 0.29) is 18.2 Å². The highest BCUT2D eigenvalue weighted by Gasteiger charge is 2.28. The van der Waals surface area contributed by atoms with Crippen LogP contribution in [0.2, 0.25) is 0 Å². The number of ether oxygens (including phenoxy) is 2. The standard InChI is InChI=1S/C14H25N5O2/c1-5-15-12-17-13(19-14(18-12)21-9(2)3)16-10-7-6-8-11(10)20-4/h9-11H,5-8H2,1-4H3,(H2,15,16,17,18,19). The Balaban J connectivity index is 2.14. The van der Waals surface area contributed by atoms with Crippen molar-refractivity contribution in [3.8, 4) is 6.01 Å². The van der Waals surface area contributed by atoms with Crippen molar-refractivity contribution in [1.29, 1.82) is 0 Å². The van der Waals surface area contributed by atoms with Crippen LogP contribution < -0.4 is 15.4 Å².